The molecular formula is C13H11BrF5NO. The second kappa shape index (κ2) is 5.90. The number of hydrogen-bond donors (Lipinski definition) is 0. The van der Waals surface area contributed by atoms with Gasteiger partial charge in [-0.15, -0.1) is 0 Å². The van der Waals surface area contributed by atoms with Gasteiger partial charge in [0, 0.05) is 13.1 Å². The van der Waals surface area contributed by atoms with E-state index >= 15 is 0 Å². The van der Waals surface area contributed by atoms with E-state index in [2.05, 4.69) is 15.9 Å². The van der Waals surface area contributed by atoms with Gasteiger partial charge in [0.1, 0.15) is 11.6 Å². The number of piperidine rings is 1. The van der Waals surface area contributed by atoms with Gasteiger partial charge < -0.3 is 4.90 Å². The second-order valence-corrected chi connectivity index (χ2v) is 5.71. The molecule has 1 amide bonds. The van der Waals surface area contributed by atoms with Crippen LogP contribution in [0.15, 0.2) is 16.6 Å². The number of halogens is 6. The molecule has 0 N–H and O–H groups in total. The smallest absolute Gasteiger partial charge is 0.339 e. The third kappa shape index (κ3) is 3.53. The average Bonchev–Trinajstić information content (AvgIpc) is 2.41. The first-order chi connectivity index (χ1) is 9.70. The highest BCUT2D eigenvalue weighted by molar-refractivity contribution is 9.10. The number of amides is 1. The minimum absolute atomic E-state index is 0.118. The largest absolute Gasteiger partial charge is 0.391 e. The molecule has 0 unspecified atom stereocenters. The number of likely N-dealkylation sites (tertiary alicyclic amines) is 1. The highest BCUT2D eigenvalue weighted by Gasteiger charge is 2.42. The topological polar surface area (TPSA) is 20.3 Å². The zero-order valence-corrected chi connectivity index (χ0v) is 12.3. The van der Waals surface area contributed by atoms with E-state index in [1.165, 1.54) is 0 Å². The van der Waals surface area contributed by atoms with Crippen LogP contribution in [0.2, 0.25) is 0 Å². The van der Waals surface area contributed by atoms with Gasteiger partial charge in [-0.25, -0.2) is 8.78 Å². The van der Waals surface area contributed by atoms with Gasteiger partial charge in [-0.05, 0) is 40.9 Å². The van der Waals surface area contributed by atoms with Crippen LogP contribution in [0.4, 0.5) is 22.0 Å². The Morgan fingerprint density at radius 3 is 2.24 bits per heavy atom. The second-order valence-electron chi connectivity index (χ2n) is 4.85. The van der Waals surface area contributed by atoms with E-state index in [0.29, 0.717) is 0 Å². The lowest BCUT2D eigenvalue weighted by Gasteiger charge is -2.33. The van der Waals surface area contributed by atoms with Gasteiger partial charge in [-0.3, -0.25) is 4.79 Å². The van der Waals surface area contributed by atoms with E-state index in [-0.39, 0.29) is 30.4 Å². The molecule has 0 radical (unpaired) electrons. The monoisotopic (exact) mass is 371 g/mol. The van der Waals surface area contributed by atoms with Crippen molar-refractivity contribution in [3.05, 3.63) is 33.8 Å². The summed E-state index contributed by atoms with van der Waals surface area (Å²) in [6.07, 6.45) is -4.74. The molecule has 0 aliphatic carbocycles. The number of alkyl halides is 3. The van der Waals surface area contributed by atoms with Gasteiger partial charge in [0.2, 0.25) is 0 Å². The first kappa shape index (κ1) is 16.2. The average molecular weight is 372 g/mol. The molecule has 8 heteroatoms. The zero-order valence-electron chi connectivity index (χ0n) is 10.7. The molecule has 0 atom stereocenters. The van der Waals surface area contributed by atoms with Crippen molar-refractivity contribution in [3.8, 4) is 0 Å². The van der Waals surface area contributed by atoms with Gasteiger partial charge in [-0.1, -0.05) is 0 Å². The van der Waals surface area contributed by atoms with Gasteiger partial charge in [0.25, 0.3) is 5.91 Å². The maximum Gasteiger partial charge on any atom is 0.391 e. The highest BCUT2D eigenvalue weighted by atomic mass is 79.9. The third-order valence-corrected chi connectivity index (χ3v) is 4.09. The number of benzene rings is 1. The fraction of sp³-hybridized carbons (Fsp3) is 0.462. The van der Waals surface area contributed by atoms with Gasteiger partial charge >= 0.3 is 6.18 Å². The van der Waals surface area contributed by atoms with Crippen LogP contribution in [-0.4, -0.2) is 30.1 Å². The van der Waals surface area contributed by atoms with Crippen molar-refractivity contribution < 1.29 is 26.7 Å². The van der Waals surface area contributed by atoms with Crippen molar-refractivity contribution >= 4 is 21.8 Å². The van der Waals surface area contributed by atoms with Crippen molar-refractivity contribution in [2.75, 3.05) is 13.1 Å². The Morgan fingerprint density at radius 2 is 1.71 bits per heavy atom. The molecule has 1 aromatic carbocycles. The maximum atomic E-state index is 13.7. The van der Waals surface area contributed by atoms with E-state index < -0.39 is 35.2 Å². The van der Waals surface area contributed by atoms with Crippen LogP contribution in [0, 0.1) is 17.6 Å². The summed E-state index contributed by atoms with van der Waals surface area (Å²) in [5.41, 5.74) is -0.471. The number of carbonyl (C=O) groups is 1. The summed E-state index contributed by atoms with van der Waals surface area (Å²) < 4.78 is 64.5. The van der Waals surface area contributed by atoms with Crippen molar-refractivity contribution in [2.24, 2.45) is 5.92 Å². The third-order valence-electron chi connectivity index (χ3n) is 3.49. The molecule has 1 saturated heterocycles. The fourth-order valence-electron chi connectivity index (χ4n) is 2.27. The summed E-state index contributed by atoms with van der Waals surface area (Å²) >= 11 is 2.79. The minimum Gasteiger partial charge on any atom is -0.339 e. The van der Waals surface area contributed by atoms with Crippen LogP contribution in [0.25, 0.3) is 0 Å². The molecule has 0 aromatic heterocycles. The van der Waals surface area contributed by atoms with Crippen molar-refractivity contribution in [1.29, 1.82) is 0 Å². The van der Waals surface area contributed by atoms with Crippen LogP contribution < -0.4 is 0 Å². The lowest BCUT2D eigenvalue weighted by atomic mass is 9.96. The molecule has 1 heterocycles. The molecule has 0 saturated carbocycles. The molecule has 1 aliphatic rings. The summed E-state index contributed by atoms with van der Waals surface area (Å²) in [7, 11) is 0. The normalized spacial score (nSPS) is 17.1. The Balaban J connectivity index is 2.11. The van der Waals surface area contributed by atoms with E-state index in [4.69, 9.17) is 0 Å². The summed E-state index contributed by atoms with van der Waals surface area (Å²) in [4.78, 5) is 13.2. The van der Waals surface area contributed by atoms with E-state index in [1.54, 1.807) is 0 Å². The number of carbonyl (C=O) groups excluding carboxylic acids is 1. The Hall–Kier alpha value is -1.18. The van der Waals surface area contributed by atoms with E-state index in [0.717, 1.165) is 17.0 Å². The Morgan fingerprint density at radius 1 is 1.14 bits per heavy atom. The number of rotatable bonds is 1. The van der Waals surface area contributed by atoms with Crippen LogP contribution in [-0.2, 0) is 0 Å². The first-order valence-corrected chi connectivity index (χ1v) is 7.00. The predicted octanol–water partition coefficient (Wildman–Crippen LogP) is 4.14. The summed E-state index contributed by atoms with van der Waals surface area (Å²) in [6.45, 7) is -0.250. The molecule has 21 heavy (non-hydrogen) atoms. The summed E-state index contributed by atoms with van der Waals surface area (Å²) in [5, 5.41) is 0. The maximum absolute atomic E-state index is 13.7. The summed E-state index contributed by atoms with van der Waals surface area (Å²) in [5.74, 6) is -3.95. The van der Waals surface area contributed by atoms with E-state index in [9.17, 15) is 26.7 Å². The molecule has 2 rings (SSSR count). The van der Waals surface area contributed by atoms with Gasteiger partial charge in [0.15, 0.2) is 0 Å². The van der Waals surface area contributed by atoms with Crippen LogP contribution in [0.1, 0.15) is 23.2 Å². The molecule has 1 aliphatic heterocycles. The number of hydrogen-bond acceptors (Lipinski definition) is 1. The predicted molar refractivity (Wildman–Crippen MR) is 68.7 cm³/mol. The highest BCUT2D eigenvalue weighted by Crippen LogP contribution is 2.34. The summed E-state index contributed by atoms with van der Waals surface area (Å²) in [6, 6.07) is 1.57. The van der Waals surface area contributed by atoms with Gasteiger partial charge in [-0.2, -0.15) is 13.2 Å². The van der Waals surface area contributed by atoms with Crippen LogP contribution in [0.5, 0.6) is 0 Å². The first-order valence-electron chi connectivity index (χ1n) is 6.20. The Bertz CT molecular complexity index is 552. The van der Waals surface area contributed by atoms with Crippen molar-refractivity contribution in [1.82, 2.24) is 4.90 Å². The molecule has 1 aromatic rings. The van der Waals surface area contributed by atoms with Crippen molar-refractivity contribution in [2.45, 2.75) is 19.0 Å². The number of nitrogens with zero attached hydrogens (tertiary/aromatic N) is 1. The molecule has 116 valence electrons. The van der Waals surface area contributed by atoms with Crippen molar-refractivity contribution in [3.63, 3.8) is 0 Å². The standard InChI is InChI=1S/C13H11BrF5NO/c14-9-6-10(15)8(5-11(9)16)12(21)20-3-1-7(2-4-20)13(17,18)19/h5-7H,1-4H2. The SMILES string of the molecule is O=C(c1cc(F)c(Br)cc1F)N1CCC(C(F)(F)F)CC1. The minimum atomic E-state index is -4.29. The fourth-order valence-corrected chi connectivity index (χ4v) is 2.58. The quantitative estimate of drug-likeness (QED) is 0.536. The lowest BCUT2D eigenvalue weighted by molar-refractivity contribution is -0.183. The molecule has 0 spiro atoms. The molecule has 2 nitrogen and oxygen atoms in total. The van der Waals surface area contributed by atoms with Crippen LogP contribution >= 0.6 is 15.9 Å². The molecular weight excluding hydrogens is 361 g/mol. The Kier molecular flexibility index (Phi) is 4.55. The van der Waals surface area contributed by atoms with Crippen LogP contribution in [0.3, 0.4) is 0 Å². The van der Waals surface area contributed by atoms with E-state index in [1.807, 2.05) is 0 Å². The van der Waals surface area contributed by atoms with Gasteiger partial charge in [0.05, 0.1) is 16.0 Å². The Labute approximate surface area is 126 Å². The molecule has 0 bridgehead atoms. The zero-order chi connectivity index (χ0) is 15.8. The molecule has 1 fully saturated rings. The lowest BCUT2D eigenvalue weighted by Crippen LogP contribution is -2.42.